The van der Waals surface area contributed by atoms with Gasteiger partial charge in [0, 0.05) is 43.1 Å². The number of amides is 1. The van der Waals surface area contributed by atoms with Gasteiger partial charge in [-0.15, -0.1) is 10.2 Å². The largest absolute Gasteiger partial charge is 0.372 e. The molecule has 4 rings (SSSR count). The predicted octanol–water partition coefficient (Wildman–Crippen LogP) is 4.88. The maximum absolute atomic E-state index is 12.9. The highest BCUT2D eigenvalue weighted by atomic mass is 32.2. The summed E-state index contributed by atoms with van der Waals surface area (Å²) >= 11 is 1.48. The Labute approximate surface area is 194 Å². The molecule has 0 unspecified atom stereocenters. The van der Waals surface area contributed by atoms with Crippen LogP contribution in [0.3, 0.4) is 0 Å². The molecule has 0 N–H and O–H groups in total. The monoisotopic (exact) mass is 449 g/mol. The van der Waals surface area contributed by atoms with Crippen molar-refractivity contribution in [2.45, 2.75) is 44.0 Å². The standard InChI is InChI=1S/C25H31N5OS/c1-4-28(5-2)21-15-13-20(14-16-21)23-26-27-25(30(23)22-11-7-6-8-12-22)32-19(3)24(31)29-17-9-10-18-29/h6-8,11-16,19H,4-5,9-10,17-18H2,1-3H3/t19-/m0/s1. The Morgan fingerprint density at radius 1 is 1.00 bits per heavy atom. The molecule has 1 aromatic heterocycles. The maximum atomic E-state index is 12.9. The summed E-state index contributed by atoms with van der Waals surface area (Å²) in [6.07, 6.45) is 2.19. The van der Waals surface area contributed by atoms with Crippen molar-refractivity contribution in [1.82, 2.24) is 19.7 Å². The van der Waals surface area contributed by atoms with E-state index in [1.165, 1.54) is 17.4 Å². The highest BCUT2D eigenvalue weighted by Gasteiger charge is 2.26. The molecule has 7 heteroatoms. The van der Waals surface area contributed by atoms with E-state index in [0.717, 1.165) is 61.3 Å². The Hall–Kier alpha value is -2.80. The predicted molar refractivity (Wildman–Crippen MR) is 131 cm³/mol. The molecule has 6 nitrogen and oxygen atoms in total. The fraction of sp³-hybridized carbons (Fsp3) is 0.400. The van der Waals surface area contributed by atoms with E-state index in [2.05, 4.69) is 57.8 Å². The minimum atomic E-state index is -0.211. The normalized spacial score (nSPS) is 14.5. The summed E-state index contributed by atoms with van der Waals surface area (Å²) < 4.78 is 2.06. The SMILES string of the molecule is CCN(CC)c1ccc(-c2nnc(S[C@@H](C)C(=O)N3CCCC3)n2-c2ccccc2)cc1. The number of carbonyl (C=O) groups excluding carboxylic acids is 1. The smallest absolute Gasteiger partial charge is 0.235 e. The number of aromatic nitrogens is 3. The van der Waals surface area contributed by atoms with Gasteiger partial charge in [0.05, 0.1) is 5.25 Å². The van der Waals surface area contributed by atoms with E-state index in [1.807, 2.05) is 42.2 Å². The third-order valence-electron chi connectivity index (χ3n) is 5.95. The van der Waals surface area contributed by atoms with Crippen molar-refractivity contribution < 1.29 is 4.79 Å². The van der Waals surface area contributed by atoms with Crippen LogP contribution in [0.2, 0.25) is 0 Å². The highest BCUT2D eigenvalue weighted by Crippen LogP contribution is 2.32. The summed E-state index contributed by atoms with van der Waals surface area (Å²) in [7, 11) is 0. The van der Waals surface area contributed by atoms with Crippen molar-refractivity contribution in [3.63, 3.8) is 0 Å². The van der Waals surface area contributed by atoms with Crippen molar-refractivity contribution in [1.29, 1.82) is 0 Å². The van der Waals surface area contributed by atoms with Gasteiger partial charge < -0.3 is 9.80 Å². The Balaban J connectivity index is 1.66. The van der Waals surface area contributed by atoms with Crippen molar-refractivity contribution in [2.24, 2.45) is 0 Å². The lowest BCUT2D eigenvalue weighted by Crippen LogP contribution is -2.34. The van der Waals surface area contributed by atoms with Gasteiger partial charge in [-0.05, 0) is 70.0 Å². The Kier molecular flexibility index (Phi) is 7.15. The van der Waals surface area contributed by atoms with E-state index in [-0.39, 0.29) is 11.2 Å². The molecule has 1 fully saturated rings. The number of hydrogen-bond acceptors (Lipinski definition) is 5. The topological polar surface area (TPSA) is 54.3 Å². The quantitative estimate of drug-likeness (QED) is 0.459. The van der Waals surface area contributed by atoms with Crippen molar-refractivity contribution in [3.05, 3.63) is 54.6 Å². The van der Waals surface area contributed by atoms with Gasteiger partial charge in [0.1, 0.15) is 0 Å². The van der Waals surface area contributed by atoms with Gasteiger partial charge >= 0.3 is 0 Å². The number of anilines is 1. The molecule has 0 bridgehead atoms. The number of hydrogen-bond donors (Lipinski definition) is 0. The van der Waals surface area contributed by atoms with E-state index in [9.17, 15) is 4.79 Å². The molecule has 1 saturated heterocycles. The zero-order valence-electron chi connectivity index (χ0n) is 19.1. The molecule has 3 aromatic rings. The zero-order valence-corrected chi connectivity index (χ0v) is 19.9. The van der Waals surface area contributed by atoms with Gasteiger partial charge in [-0.3, -0.25) is 9.36 Å². The molecule has 1 aliphatic rings. The molecule has 0 aliphatic carbocycles. The molecular formula is C25H31N5OS. The van der Waals surface area contributed by atoms with E-state index in [4.69, 9.17) is 0 Å². The Morgan fingerprint density at radius 3 is 2.28 bits per heavy atom. The van der Waals surface area contributed by atoms with Gasteiger partial charge in [-0.2, -0.15) is 0 Å². The molecule has 1 atom stereocenters. The van der Waals surface area contributed by atoms with E-state index in [0.29, 0.717) is 0 Å². The van der Waals surface area contributed by atoms with Crippen LogP contribution in [0, 0.1) is 0 Å². The molecule has 0 radical (unpaired) electrons. The van der Waals surface area contributed by atoms with E-state index in [1.54, 1.807) is 0 Å². The summed E-state index contributed by atoms with van der Waals surface area (Å²) in [5.41, 5.74) is 3.19. The summed E-state index contributed by atoms with van der Waals surface area (Å²) in [5, 5.41) is 9.57. The van der Waals surface area contributed by atoms with Crippen LogP contribution in [0.15, 0.2) is 59.8 Å². The number of rotatable bonds is 8. The van der Waals surface area contributed by atoms with E-state index < -0.39 is 0 Å². The third kappa shape index (κ3) is 4.67. The van der Waals surface area contributed by atoms with Crippen LogP contribution in [0.25, 0.3) is 17.1 Å². The molecule has 168 valence electrons. The third-order valence-corrected chi connectivity index (χ3v) is 6.98. The molecule has 0 saturated carbocycles. The minimum Gasteiger partial charge on any atom is -0.372 e. The maximum Gasteiger partial charge on any atom is 0.235 e. The summed E-state index contributed by atoms with van der Waals surface area (Å²) in [4.78, 5) is 17.2. The van der Waals surface area contributed by atoms with Crippen LogP contribution in [-0.4, -0.2) is 57.0 Å². The van der Waals surface area contributed by atoms with Crippen LogP contribution >= 0.6 is 11.8 Å². The summed E-state index contributed by atoms with van der Waals surface area (Å²) in [5.74, 6) is 0.964. The van der Waals surface area contributed by atoms with Crippen molar-refractivity contribution in [2.75, 3.05) is 31.1 Å². The van der Waals surface area contributed by atoms with Crippen LogP contribution in [0.1, 0.15) is 33.6 Å². The van der Waals surface area contributed by atoms with Gasteiger partial charge in [0.25, 0.3) is 0 Å². The molecule has 32 heavy (non-hydrogen) atoms. The first-order valence-corrected chi connectivity index (χ1v) is 12.3. The fourth-order valence-corrected chi connectivity index (χ4v) is 5.11. The first kappa shape index (κ1) is 22.4. The lowest BCUT2D eigenvalue weighted by molar-refractivity contribution is -0.129. The van der Waals surface area contributed by atoms with Crippen molar-refractivity contribution >= 4 is 23.4 Å². The lowest BCUT2D eigenvalue weighted by Gasteiger charge is -2.21. The lowest BCUT2D eigenvalue weighted by atomic mass is 10.1. The second kappa shape index (κ2) is 10.2. The van der Waals surface area contributed by atoms with Crippen molar-refractivity contribution in [3.8, 4) is 17.1 Å². The number of nitrogens with zero attached hydrogens (tertiary/aromatic N) is 5. The molecule has 2 heterocycles. The Morgan fingerprint density at radius 2 is 1.66 bits per heavy atom. The number of benzene rings is 2. The second-order valence-corrected chi connectivity index (χ2v) is 9.30. The van der Waals surface area contributed by atoms with Crippen LogP contribution in [-0.2, 0) is 4.79 Å². The van der Waals surface area contributed by atoms with Crippen LogP contribution in [0.5, 0.6) is 0 Å². The van der Waals surface area contributed by atoms with Gasteiger partial charge in [-0.1, -0.05) is 30.0 Å². The highest BCUT2D eigenvalue weighted by molar-refractivity contribution is 8.00. The average Bonchev–Trinajstić information content (AvgIpc) is 3.51. The molecule has 0 spiro atoms. The Bertz CT molecular complexity index is 1020. The molecule has 1 amide bonds. The number of thioether (sulfide) groups is 1. The molecular weight excluding hydrogens is 418 g/mol. The number of para-hydroxylation sites is 1. The first-order valence-electron chi connectivity index (χ1n) is 11.4. The summed E-state index contributed by atoms with van der Waals surface area (Å²) in [6.45, 7) is 9.96. The first-order chi connectivity index (χ1) is 15.6. The number of likely N-dealkylation sites (tertiary alicyclic amines) is 1. The van der Waals surface area contributed by atoms with Crippen LogP contribution in [0.4, 0.5) is 5.69 Å². The van der Waals surface area contributed by atoms with Gasteiger partial charge in [0.2, 0.25) is 5.91 Å². The minimum absolute atomic E-state index is 0.181. The number of carbonyl (C=O) groups is 1. The van der Waals surface area contributed by atoms with Gasteiger partial charge in [0.15, 0.2) is 11.0 Å². The molecule has 1 aliphatic heterocycles. The van der Waals surface area contributed by atoms with E-state index >= 15 is 0 Å². The second-order valence-electron chi connectivity index (χ2n) is 7.99. The summed E-state index contributed by atoms with van der Waals surface area (Å²) in [6, 6.07) is 18.6. The average molecular weight is 450 g/mol. The molecule has 2 aromatic carbocycles. The van der Waals surface area contributed by atoms with Gasteiger partial charge in [-0.25, -0.2) is 0 Å². The zero-order chi connectivity index (χ0) is 22.5. The van der Waals surface area contributed by atoms with Crippen LogP contribution < -0.4 is 4.90 Å². The fourth-order valence-electron chi connectivity index (χ4n) is 4.16.